The summed E-state index contributed by atoms with van der Waals surface area (Å²) >= 11 is 0. The van der Waals surface area contributed by atoms with Gasteiger partial charge in [0.1, 0.15) is 0 Å². The van der Waals surface area contributed by atoms with E-state index in [1.54, 1.807) is 0 Å². The van der Waals surface area contributed by atoms with E-state index in [9.17, 15) is 9.59 Å². The molecule has 34 heavy (non-hydrogen) atoms. The molecule has 5 nitrogen and oxygen atoms in total. The monoisotopic (exact) mass is 478 g/mol. The van der Waals surface area contributed by atoms with E-state index in [4.69, 9.17) is 10.2 Å². The molecular formula is C29H52NO4+. The van der Waals surface area contributed by atoms with E-state index in [2.05, 4.69) is 28.1 Å². The number of unbranched alkanes of at least 4 members (excludes halogenated alkanes) is 15. The number of nitrogens with zero attached hydrogens (tertiary/aromatic N) is 1. The number of carboxylic acid groups (broad SMARTS) is 2. The second kappa shape index (κ2) is 20.5. The Bertz CT molecular complexity index is 623. The zero-order chi connectivity index (χ0) is 25.7. The molecule has 1 aromatic carbocycles. The summed E-state index contributed by atoms with van der Waals surface area (Å²) < 4.78 is 1.12. The summed E-state index contributed by atoms with van der Waals surface area (Å²) in [6.45, 7) is 3.63. The van der Waals surface area contributed by atoms with Crippen LogP contribution in [-0.4, -0.2) is 54.3 Å². The van der Waals surface area contributed by atoms with Crippen molar-refractivity contribution in [2.45, 2.75) is 110 Å². The lowest BCUT2D eigenvalue weighted by atomic mass is 10.0. The Morgan fingerprint density at radius 1 is 0.618 bits per heavy atom. The molecule has 2 N–H and O–H groups in total. The first-order valence-electron chi connectivity index (χ1n) is 13.5. The van der Waals surface area contributed by atoms with Crippen LogP contribution in [0.25, 0.3) is 0 Å². The van der Waals surface area contributed by atoms with E-state index in [0.29, 0.717) is 0 Å². The zero-order valence-corrected chi connectivity index (χ0v) is 22.5. The molecule has 196 valence electrons. The summed E-state index contributed by atoms with van der Waals surface area (Å²) in [5, 5.41) is 17.0. The predicted molar refractivity (Wildman–Crippen MR) is 143 cm³/mol. The van der Waals surface area contributed by atoms with Crippen molar-refractivity contribution in [3.05, 3.63) is 35.4 Å². The topological polar surface area (TPSA) is 74.6 Å². The maximum Gasteiger partial charge on any atom is 0.335 e. The molecule has 0 saturated heterocycles. The Morgan fingerprint density at radius 3 is 1.24 bits per heavy atom. The molecule has 1 rings (SSSR count). The van der Waals surface area contributed by atoms with Crippen LogP contribution in [0.5, 0.6) is 0 Å². The molecule has 0 heterocycles. The zero-order valence-electron chi connectivity index (χ0n) is 22.5. The number of benzene rings is 1. The number of carboxylic acids is 2. The van der Waals surface area contributed by atoms with Crippen molar-refractivity contribution in [1.82, 2.24) is 0 Å². The fourth-order valence-electron chi connectivity index (χ4n) is 3.92. The van der Waals surface area contributed by atoms with Crippen molar-refractivity contribution in [3.63, 3.8) is 0 Å². The highest BCUT2D eigenvalue weighted by Gasteiger charge is 2.07. The lowest BCUT2D eigenvalue weighted by Crippen LogP contribution is -2.35. The van der Waals surface area contributed by atoms with Gasteiger partial charge in [0.2, 0.25) is 0 Å². The predicted octanol–water partition coefficient (Wildman–Crippen LogP) is 8.04. The molecule has 5 heteroatoms. The molecule has 0 aliphatic carbocycles. The van der Waals surface area contributed by atoms with Crippen LogP contribution in [0.2, 0.25) is 0 Å². The van der Waals surface area contributed by atoms with Crippen molar-refractivity contribution in [3.8, 4) is 0 Å². The Balaban J connectivity index is 0.000000757. The van der Waals surface area contributed by atoms with Gasteiger partial charge in [-0.25, -0.2) is 9.59 Å². The van der Waals surface area contributed by atoms with Crippen molar-refractivity contribution in [2.24, 2.45) is 0 Å². The van der Waals surface area contributed by atoms with Crippen LogP contribution < -0.4 is 0 Å². The highest BCUT2D eigenvalue weighted by molar-refractivity contribution is 5.93. The van der Waals surface area contributed by atoms with E-state index in [1.807, 2.05) is 0 Å². The highest BCUT2D eigenvalue weighted by atomic mass is 16.4. The van der Waals surface area contributed by atoms with E-state index in [1.165, 1.54) is 127 Å². The standard InChI is InChI=1S/C21H46N.C8H6O4/c1-5-6-7-8-9-10-11-12-13-14-15-16-17-18-19-20-21-22(2,3)4;9-7(10)5-2-1-3-6(4-5)8(11)12/h5-21H2,1-4H3;1-4H,(H,9,10)(H,11,12)/q+1;. The van der Waals surface area contributed by atoms with Gasteiger partial charge in [0.25, 0.3) is 0 Å². The third kappa shape index (κ3) is 20.7. The average molecular weight is 479 g/mol. The Morgan fingerprint density at radius 2 is 0.941 bits per heavy atom. The summed E-state index contributed by atoms with van der Waals surface area (Å²) in [5.41, 5.74) is -0.0372. The lowest BCUT2D eigenvalue weighted by Gasteiger charge is -2.23. The van der Waals surface area contributed by atoms with Gasteiger partial charge >= 0.3 is 11.9 Å². The number of rotatable bonds is 19. The summed E-state index contributed by atoms with van der Waals surface area (Å²) in [5.74, 6) is -2.25. The first-order valence-corrected chi connectivity index (χ1v) is 13.5. The maximum atomic E-state index is 10.4. The first-order chi connectivity index (χ1) is 16.2. The van der Waals surface area contributed by atoms with Crippen molar-refractivity contribution in [1.29, 1.82) is 0 Å². The average Bonchev–Trinajstić information content (AvgIpc) is 2.78. The molecule has 0 aromatic heterocycles. The molecule has 0 atom stereocenters. The minimum atomic E-state index is -1.13. The first kappa shape index (κ1) is 32.1. The molecule has 0 aliphatic heterocycles. The van der Waals surface area contributed by atoms with Crippen LogP contribution in [0.15, 0.2) is 24.3 Å². The minimum Gasteiger partial charge on any atom is -0.478 e. The molecule has 1 aromatic rings. The van der Waals surface area contributed by atoms with Crippen LogP contribution >= 0.6 is 0 Å². The van der Waals surface area contributed by atoms with Crippen molar-refractivity contribution >= 4 is 11.9 Å². The van der Waals surface area contributed by atoms with Crippen LogP contribution in [0.4, 0.5) is 0 Å². The largest absolute Gasteiger partial charge is 0.478 e. The summed E-state index contributed by atoms with van der Waals surface area (Å²) in [6.07, 6.45) is 23.4. The SMILES string of the molecule is CCCCCCCCCCCCCCCCCC[N+](C)(C)C.O=C(O)c1cccc(C(=O)O)c1. The minimum absolute atomic E-state index is 0.0186. The van der Waals surface area contributed by atoms with Gasteiger partial charge in [-0.1, -0.05) is 103 Å². The van der Waals surface area contributed by atoms with Crippen molar-refractivity contribution in [2.75, 3.05) is 27.7 Å². The molecule has 0 amide bonds. The Labute approximate surface area is 209 Å². The second-order valence-corrected chi connectivity index (χ2v) is 10.5. The van der Waals surface area contributed by atoms with Gasteiger partial charge in [0, 0.05) is 0 Å². The Hall–Kier alpha value is -1.88. The van der Waals surface area contributed by atoms with Gasteiger partial charge in [0.15, 0.2) is 0 Å². The number of quaternary nitrogens is 1. The molecule has 0 aliphatic rings. The number of hydrogen-bond acceptors (Lipinski definition) is 2. The highest BCUT2D eigenvalue weighted by Crippen LogP contribution is 2.14. The van der Waals surface area contributed by atoms with E-state index in [0.717, 1.165) is 10.5 Å². The van der Waals surface area contributed by atoms with Crippen LogP contribution in [0, 0.1) is 0 Å². The molecular weight excluding hydrogens is 426 g/mol. The van der Waals surface area contributed by atoms with Gasteiger partial charge < -0.3 is 14.7 Å². The smallest absolute Gasteiger partial charge is 0.335 e. The molecule has 0 radical (unpaired) electrons. The van der Waals surface area contributed by atoms with Gasteiger partial charge in [0.05, 0.1) is 38.8 Å². The number of carbonyl (C=O) groups is 2. The number of hydrogen-bond donors (Lipinski definition) is 2. The van der Waals surface area contributed by atoms with Gasteiger partial charge in [-0.15, -0.1) is 0 Å². The third-order valence-corrected chi connectivity index (χ3v) is 6.04. The fourth-order valence-corrected chi connectivity index (χ4v) is 3.92. The van der Waals surface area contributed by atoms with Gasteiger partial charge in [-0.2, -0.15) is 0 Å². The maximum absolute atomic E-state index is 10.4. The second-order valence-electron chi connectivity index (χ2n) is 10.5. The quantitative estimate of drug-likeness (QED) is 0.156. The van der Waals surface area contributed by atoms with Crippen LogP contribution in [-0.2, 0) is 0 Å². The molecule has 0 spiro atoms. The van der Waals surface area contributed by atoms with Gasteiger partial charge in [-0.05, 0) is 31.0 Å². The molecule has 0 fully saturated rings. The van der Waals surface area contributed by atoms with Crippen molar-refractivity contribution < 1.29 is 24.3 Å². The normalized spacial score (nSPS) is 11.1. The van der Waals surface area contributed by atoms with E-state index in [-0.39, 0.29) is 11.1 Å². The molecule has 0 saturated carbocycles. The number of aromatic carboxylic acids is 2. The van der Waals surface area contributed by atoms with E-state index < -0.39 is 11.9 Å². The molecule has 0 bridgehead atoms. The summed E-state index contributed by atoms with van der Waals surface area (Å²) in [4.78, 5) is 20.8. The fraction of sp³-hybridized carbons (Fsp3) is 0.724. The summed E-state index contributed by atoms with van der Waals surface area (Å²) in [7, 11) is 6.89. The lowest BCUT2D eigenvalue weighted by molar-refractivity contribution is -0.870. The van der Waals surface area contributed by atoms with Crippen LogP contribution in [0.3, 0.4) is 0 Å². The van der Waals surface area contributed by atoms with Crippen LogP contribution in [0.1, 0.15) is 130 Å². The summed E-state index contributed by atoms with van der Waals surface area (Å²) in [6, 6.07) is 5.20. The van der Waals surface area contributed by atoms with Gasteiger partial charge in [-0.3, -0.25) is 0 Å². The van der Waals surface area contributed by atoms with E-state index >= 15 is 0 Å². The molecule has 0 unspecified atom stereocenters. The Kier molecular flexibility index (Phi) is 19.4. The third-order valence-electron chi connectivity index (χ3n) is 6.04.